The highest BCUT2D eigenvalue weighted by Crippen LogP contribution is 2.15. The van der Waals surface area contributed by atoms with Crippen LogP contribution in [0.15, 0.2) is 16.8 Å². The molecule has 0 fully saturated rings. The maximum absolute atomic E-state index is 11.4. The van der Waals surface area contributed by atoms with Crippen LogP contribution in [-0.4, -0.2) is 25.3 Å². The number of hydrogen-bond acceptors (Lipinski definition) is 4. The zero-order valence-corrected chi connectivity index (χ0v) is 10.3. The van der Waals surface area contributed by atoms with Crippen LogP contribution < -0.4 is 4.72 Å². The molecule has 0 saturated carbocycles. The summed E-state index contributed by atoms with van der Waals surface area (Å²) in [4.78, 5) is 0. The van der Waals surface area contributed by atoms with Crippen LogP contribution in [0.3, 0.4) is 0 Å². The van der Waals surface area contributed by atoms with Crippen molar-refractivity contribution in [2.24, 2.45) is 0 Å². The van der Waals surface area contributed by atoms with Gasteiger partial charge < -0.3 is 5.11 Å². The van der Waals surface area contributed by atoms with E-state index in [1.165, 1.54) is 11.3 Å². The average Bonchev–Trinajstić information content (AvgIpc) is 2.66. The average molecular weight is 249 g/mol. The highest BCUT2D eigenvalue weighted by Gasteiger charge is 2.17. The molecule has 2 N–H and O–H groups in total. The second-order valence-electron chi connectivity index (χ2n) is 3.51. The Labute approximate surface area is 94.0 Å². The maximum Gasteiger partial charge on any atom is 0.214 e. The molecule has 0 spiro atoms. The van der Waals surface area contributed by atoms with Crippen molar-refractivity contribution < 1.29 is 13.5 Å². The lowest BCUT2D eigenvalue weighted by molar-refractivity contribution is 0.182. The molecule has 0 radical (unpaired) electrons. The van der Waals surface area contributed by atoms with Gasteiger partial charge in [0.1, 0.15) is 0 Å². The van der Waals surface area contributed by atoms with Crippen LogP contribution in [0.1, 0.15) is 25.5 Å². The van der Waals surface area contributed by atoms with Gasteiger partial charge in [0.05, 0.1) is 11.4 Å². The molecular weight excluding hydrogens is 234 g/mol. The summed E-state index contributed by atoms with van der Waals surface area (Å²) < 4.78 is 25.1. The highest BCUT2D eigenvalue weighted by atomic mass is 32.2. The van der Waals surface area contributed by atoms with Crippen LogP contribution >= 0.6 is 11.3 Å². The van der Waals surface area contributed by atoms with Gasteiger partial charge in [-0.1, -0.05) is 0 Å². The molecule has 0 aliphatic rings. The zero-order chi connectivity index (χ0) is 11.5. The summed E-state index contributed by atoms with van der Waals surface area (Å²) in [5, 5.41) is 12.8. The van der Waals surface area contributed by atoms with E-state index in [-0.39, 0.29) is 6.54 Å². The summed E-state index contributed by atoms with van der Waals surface area (Å²) in [6.07, 6.45) is -0.773. The Morgan fingerprint density at radius 2 is 2.20 bits per heavy atom. The third-order valence-electron chi connectivity index (χ3n) is 2.03. The van der Waals surface area contributed by atoms with Crippen molar-refractivity contribution in [3.8, 4) is 0 Å². The van der Waals surface area contributed by atoms with Crippen LogP contribution in [0.5, 0.6) is 0 Å². The fourth-order valence-electron chi connectivity index (χ4n) is 0.944. The van der Waals surface area contributed by atoms with Gasteiger partial charge in [0.25, 0.3) is 0 Å². The third kappa shape index (κ3) is 3.57. The van der Waals surface area contributed by atoms with Crippen LogP contribution in [0.2, 0.25) is 0 Å². The van der Waals surface area contributed by atoms with E-state index >= 15 is 0 Å². The summed E-state index contributed by atoms with van der Waals surface area (Å²) in [7, 11) is -3.29. The SMILES string of the molecule is CC(C)S(=O)(=O)NCC(O)c1ccsc1. The molecule has 0 saturated heterocycles. The second-order valence-corrected chi connectivity index (χ2v) is 6.62. The molecule has 4 nitrogen and oxygen atoms in total. The van der Waals surface area contributed by atoms with Gasteiger partial charge in [-0.05, 0) is 36.2 Å². The van der Waals surface area contributed by atoms with E-state index in [1.807, 2.05) is 5.38 Å². The second kappa shape index (κ2) is 5.07. The lowest BCUT2D eigenvalue weighted by Gasteiger charge is -2.12. The maximum atomic E-state index is 11.4. The largest absolute Gasteiger partial charge is 0.387 e. The van der Waals surface area contributed by atoms with E-state index in [0.717, 1.165) is 5.56 Å². The smallest absolute Gasteiger partial charge is 0.214 e. The molecule has 6 heteroatoms. The minimum atomic E-state index is -3.29. The Hall–Kier alpha value is -0.430. The molecule has 0 aliphatic carbocycles. The van der Waals surface area contributed by atoms with E-state index in [0.29, 0.717) is 0 Å². The van der Waals surface area contributed by atoms with Crippen molar-refractivity contribution in [1.29, 1.82) is 0 Å². The van der Waals surface area contributed by atoms with Crippen LogP contribution in [0.25, 0.3) is 0 Å². The van der Waals surface area contributed by atoms with Gasteiger partial charge in [0, 0.05) is 6.54 Å². The first-order valence-corrected chi connectivity index (χ1v) is 7.11. The quantitative estimate of drug-likeness (QED) is 0.821. The Kier molecular flexibility index (Phi) is 4.27. The zero-order valence-electron chi connectivity index (χ0n) is 8.67. The van der Waals surface area contributed by atoms with Crippen molar-refractivity contribution in [3.63, 3.8) is 0 Å². The predicted octanol–water partition coefficient (Wildman–Crippen LogP) is 1.11. The number of hydrogen-bond donors (Lipinski definition) is 2. The molecule has 0 bridgehead atoms. The molecule has 86 valence electrons. The van der Waals surface area contributed by atoms with E-state index in [4.69, 9.17) is 0 Å². The summed E-state index contributed by atoms with van der Waals surface area (Å²) in [6, 6.07) is 1.78. The van der Waals surface area contributed by atoms with Crippen molar-refractivity contribution in [2.45, 2.75) is 25.2 Å². The number of sulfonamides is 1. The molecule has 0 amide bonds. The Balaban J connectivity index is 2.52. The van der Waals surface area contributed by atoms with E-state index < -0.39 is 21.4 Å². The fourth-order valence-corrected chi connectivity index (χ4v) is 2.37. The topological polar surface area (TPSA) is 66.4 Å². The molecule has 1 unspecified atom stereocenters. The summed E-state index contributed by atoms with van der Waals surface area (Å²) >= 11 is 1.47. The van der Waals surface area contributed by atoms with Gasteiger partial charge in [0.15, 0.2) is 0 Å². The fraction of sp³-hybridized carbons (Fsp3) is 0.556. The Morgan fingerprint density at radius 1 is 1.53 bits per heavy atom. The summed E-state index contributed by atoms with van der Waals surface area (Å²) in [6.45, 7) is 3.22. The molecule has 0 aliphatic heterocycles. The van der Waals surface area contributed by atoms with E-state index in [9.17, 15) is 13.5 Å². The van der Waals surface area contributed by atoms with Crippen LogP contribution in [0.4, 0.5) is 0 Å². The minimum absolute atomic E-state index is 0.0250. The molecule has 1 aromatic rings. The number of nitrogens with one attached hydrogen (secondary N) is 1. The molecule has 15 heavy (non-hydrogen) atoms. The minimum Gasteiger partial charge on any atom is -0.387 e. The lowest BCUT2D eigenvalue weighted by atomic mass is 10.2. The monoisotopic (exact) mass is 249 g/mol. The summed E-state index contributed by atoms with van der Waals surface area (Å²) in [5.41, 5.74) is 0.742. The number of aliphatic hydroxyl groups is 1. The van der Waals surface area contributed by atoms with Crippen molar-refractivity contribution in [3.05, 3.63) is 22.4 Å². The molecular formula is C9H15NO3S2. The molecule has 1 rings (SSSR count). The van der Waals surface area contributed by atoms with E-state index in [1.54, 1.807) is 25.3 Å². The molecule has 1 aromatic heterocycles. The Morgan fingerprint density at radius 3 is 2.67 bits per heavy atom. The lowest BCUT2D eigenvalue weighted by Crippen LogP contribution is -2.33. The van der Waals surface area contributed by atoms with Crippen LogP contribution in [0, 0.1) is 0 Å². The number of thiophene rings is 1. The first-order chi connectivity index (χ1) is 6.93. The summed E-state index contributed by atoms with van der Waals surface area (Å²) in [5.74, 6) is 0. The van der Waals surface area contributed by atoms with Gasteiger partial charge in [-0.3, -0.25) is 0 Å². The Bertz CT molecular complexity index is 383. The van der Waals surface area contributed by atoms with Gasteiger partial charge in [0.2, 0.25) is 10.0 Å². The number of rotatable bonds is 5. The molecule has 1 heterocycles. The van der Waals surface area contributed by atoms with Gasteiger partial charge in [-0.25, -0.2) is 13.1 Å². The predicted molar refractivity (Wildman–Crippen MR) is 61.3 cm³/mol. The van der Waals surface area contributed by atoms with Gasteiger partial charge in [-0.2, -0.15) is 11.3 Å². The standard InChI is InChI=1S/C9H15NO3S2/c1-7(2)15(12,13)10-5-9(11)8-3-4-14-6-8/h3-4,6-7,9-11H,5H2,1-2H3. The molecule has 0 aromatic carbocycles. The first-order valence-electron chi connectivity index (χ1n) is 4.62. The van der Waals surface area contributed by atoms with E-state index in [2.05, 4.69) is 4.72 Å². The van der Waals surface area contributed by atoms with Crippen molar-refractivity contribution >= 4 is 21.4 Å². The normalized spacial score (nSPS) is 14.4. The number of aliphatic hydroxyl groups excluding tert-OH is 1. The first kappa shape index (κ1) is 12.6. The third-order valence-corrected chi connectivity index (χ3v) is 4.54. The van der Waals surface area contributed by atoms with Crippen molar-refractivity contribution in [2.75, 3.05) is 6.54 Å². The highest BCUT2D eigenvalue weighted by molar-refractivity contribution is 7.90. The van der Waals surface area contributed by atoms with Gasteiger partial charge in [-0.15, -0.1) is 0 Å². The van der Waals surface area contributed by atoms with Crippen molar-refractivity contribution in [1.82, 2.24) is 4.72 Å². The van der Waals surface area contributed by atoms with Crippen LogP contribution in [-0.2, 0) is 10.0 Å². The van der Waals surface area contributed by atoms with Gasteiger partial charge >= 0.3 is 0 Å². The molecule has 1 atom stereocenters.